The van der Waals surface area contributed by atoms with Crippen molar-refractivity contribution in [2.75, 3.05) is 58.3 Å². The minimum Gasteiger partial charge on any atom is -0.469 e. The minimum absolute atomic E-state index is 0. The number of hydrogen-bond acceptors (Lipinski definition) is 4. The van der Waals surface area contributed by atoms with Crippen LogP contribution in [0.25, 0.3) is 0 Å². The molecule has 0 atom stereocenters. The van der Waals surface area contributed by atoms with Crippen molar-refractivity contribution >= 4 is 41.5 Å². The second-order valence-electron chi connectivity index (χ2n) is 6.99. The number of amides is 1. The molecule has 0 aliphatic carbocycles. The van der Waals surface area contributed by atoms with Gasteiger partial charge in [-0.25, -0.2) is 4.99 Å². The van der Waals surface area contributed by atoms with Gasteiger partial charge in [-0.2, -0.15) is 0 Å². The van der Waals surface area contributed by atoms with E-state index in [0.29, 0.717) is 6.54 Å². The van der Waals surface area contributed by atoms with Gasteiger partial charge in [-0.15, -0.1) is 24.0 Å². The first-order valence-corrected chi connectivity index (χ1v) is 9.69. The summed E-state index contributed by atoms with van der Waals surface area (Å²) in [4.78, 5) is 22.7. The van der Waals surface area contributed by atoms with Crippen LogP contribution in [0.1, 0.15) is 5.76 Å². The fourth-order valence-corrected chi connectivity index (χ4v) is 3.12. The Bertz CT molecular complexity index is 757. The molecule has 0 saturated carbocycles. The molecule has 3 rings (SSSR count). The van der Waals surface area contributed by atoms with Gasteiger partial charge >= 0.3 is 0 Å². The van der Waals surface area contributed by atoms with Crippen LogP contribution in [0.4, 0.5) is 5.69 Å². The van der Waals surface area contributed by atoms with Crippen molar-refractivity contribution in [1.29, 1.82) is 0 Å². The summed E-state index contributed by atoms with van der Waals surface area (Å²) in [5.41, 5.74) is 1.24. The Morgan fingerprint density at radius 1 is 1.10 bits per heavy atom. The van der Waals surface area contributed by atoms with E-state index in [0.717, 1.165) is 44.3 Å². The summed E-state index contributed by atoms with van der Waals surface area (Å²) in [6.45, 7) is 4.42. The number of anilines is 1. The fraction of sp³-hybridized carbons (Fsp3) is 0.429. The maximum atomic E-state index is 12.0. The molecule has 1 amide bonds. The molecule has 1 fully saturated rings. The number of carbonyl (C=O) groups excluding carboxylic acids is 1. The highest BCUT2D eigenvalue weighted by Crippen LogP contribution is 2.15. The second-order valence-corrected chi connectivity index (χ2v) is 6.99. The number of nitrogens with one attached hydrogen (secondary N) is 1. The lowest BCUT2D eigenvalue weighted by molar-refractivity contribution is -0.127. The molecule has 0 radical (unpaired) electrons. The van der Waals surface area contributed by atoms with Crippen molar-refractivity contribution in [2.24, 2.45) is 4.99 Å². The summed E-state index contributed by atoms with van der Waals surface area (Å²) in [5.74, 6) is 1.72. The number of benzene rings is 1. The maximum Gasteiger partial charge on any atom is 0.243 e. The highest BCUT2D eigenvalue weighted by molar-refractivity contribution is 14.0. The number of guanidine groups is 1. The Morgan fingerprint density at radius 2 is 1.83 bits per heavy atom. The molecule has 0 spiro atoms. The number of halogens is 1. The minimum atomic E-state index is -0.00624. The third-order valence-electron chi connectivity index (χ3n) is 4.80. The normalized spacial score (nSPS) is 14.3. The molecule has 8 heteroatoms. The van der Waals surface area contributed by atoms with Gasteiger partial charge in [0, 0.05) is 58.9 Å². The molecule has 2 aromatic rings. The molecule has 1 aliphatic rings. The number of hydrogen-bond donors (Lipinski definition) is 1. The van der Waals surface area contributed by atoms with Crippen molar-refractivity contribution in [3.63, 3.8) is 0 Å². The van der Waals surface area contributed by atoms with Crippen LogP contribution < -0.4 is 10.2 Å². The summed E-state index contributed by atoms with van der Waals surface area (Å²) in [5, 5.41) is 3.40. The van der Waals surface area contributed by atoms with Crippen molar-refractivity contribution < 1.29 is 9.21 Å². The zero-order valence-corrected chi connectivity index (χ0v) is 19.4. The zero-order valence-electron chi connectivity index (χ0n) is 17.1. The SMILES string of the molecule is CN(C)C(=O)CN=C(NCCc1ccco1)N1CCN(c2ccccc2)CC1.I. The lowest BCUT2D eigenvalue weighted by Gasteiger charge is -2.37. The maximum absolute atomic E-state index is 12.0. The van der Waals surface area contributed by atoms with Gasteiger partial charge in [0.2, 0.25) is 5.91 Å². The Hall–Kier alpha value is -2.23. The average Bonchev–Trinajstić information content (AvgIpc) is 3.24. The van der Waals surface area contributed by atoms with Gasteiger partial charge in [0.05, 0.1) is 6.26 Å². The number of nitrogens with zero attached hydrogens (tertiary/aromatic N) is 4. The van der Waals surface area contributed by atoms with Crippen LogP contribution in [0.3, 0.4) is 0 Å². The largest absolute Gasteiger partial charge is 0.469 e. The van der Waals surface area contributed by atoms with E-state index in [9.17, 15) is 4.79 Å². The summed E-state index contributed by atoms with van der Waals surface area (Å²) in [6.07, 6.45) is 2.46. The smallest absolute Gasteiger partial charge is 0.243 e. The van der Waals surface area contributed by atoms with Gasteiger partial charge < -0.3 is 24.4 Å². The summed E-state index contributed by atoms with van der Waals surface area (Å²) in [6, 6.07) is 14.3. The monoisotopic (exact) mass is 511 g/mol. The molecule has 158 valence electrons. The molecule has 1 aromatic heterocycles. The number of para-hydroxylation sites is 1. The molecule has 1 aromatic carbocycles. The first-order valence-electron chi connectivity index (χ1n) is 9.69. The average molecular weight is 511 g/mol. The molecule has 1 saturated heterocycles. The Kier molecular flexibility index (Phi) is 9.30. The quantitative estimate of drug-likeness (QED) is 0.367. The summed E-state index contributed by atoms with van der Waals surface area (Å²) in [7, 11) is 3.50. The number of aliphatic imine (C=N–C) groups is 1. The van der Waals surface area contributed by atoms with Crippen LogP contribution in [0.2, 0.25) is 0 Å². The van der Waals surface area contributed by atoms with Gasteiger partial charge in [-0.3, -0.25) is 4.79 Å². The molecule has 2 heterocycles. The highest BCUT2D eigenvalue weighted by Gasteiger charge is 2.20. The Balaban J connectivity index is 0.00000300. The zero-order chi connectivity index (χ0) is 19.8. The summed E-state index contributed by atoms with van der Waals surface area (Å²) >= 11 is 0. The number of rotatable bonds is 6. The lowest BCUT2D eigenvalue weighted by atomic mass is 10.2. The topological polar surface area (TPSA) is 64.3 Å². The van der Waals surface area contributed by atoms with Crippen LogP contribution in [0.5, 0.6) is 0 Å². The van der Waals surface area contributed by atoms with Crippen molar-refractivity contribution in [3.8, 4) is 0 Å². The van der Waals surface area contributed by atoms with Gasteiger partial charge in [0.25, 0.3) is 0 Å². The van der Waals surface area contributed by atoms with E-state index in [1.54, 1.807) is 25.3 Å². The molecular weight excluding hydrogens is 481 g/mol. The van der Waals surface area contributed by atoms with Crippen molar-refractivity contribution in [1.82, 2.24) is 15.1 Å². The van der Waals surface area contributed by atoms with E-state index in [2.05, 4.69) is 44.4 Å². The van der Waals surface area contributed by atoms with Crippen molar-refractivity contribution in [2.45, 2.75) is 6.42 Å². The van der Waals surface area contributed by atoms with Gasteiger partial charge in [-0.05, 0) is 24.3 Å². The molecule has 0 unspecified atom stereocenters. The van der Waals surface area contributed by atoms with E-state index in [1.807, 2.05) is 18.2 Å². The van der Waals surface area contributed by atoms with Crippen LogP contribution in [0, 0.1) is 0 Å². The van der Waals surface area contributed by atoms with Crippen LogP contribution in [0.15, 0.2) is 58.1 Å². The number of piperazine rings is 1. The first kappa shape index (κ1) is 23.1. The second kappa shape index (κ2) is 11.7. The van der Waals surface area contributed by atoms with E-state index >= 15 is 0 Å². The van der Waals surface area contributed by atoms with Crippen molar-refractivity contribution in [3.05, 3.63) is 54.5 Å². The Morgan fingerprint density at radius 3 is 2.45 bits per heavy atom. The van der Waals surface area contributed by atoms with E-state index in [4.69, 9.17) is 4.42 Å². The fourth-order valence-electron chi connectivity index (χ4n) is 3.12. The van der Waals surface area contributed by atoms with E-state index in [-0.39, 0.29) is 36.4 Å². The number of likely N-dealkylation sites (N-methyl/N-ethyl adjacent to an activating group) is 1. The first-order chi connectivity index (χ1) is 13.6. The third kappa shape index (κ3) is 6.95. The van der Waals surface area contributed by atoms with Gasteiger partial charge in [0.15, 0.2) is 5.96 Å². The molecular formula is C21H30IN5O2. The summed E-state index contributed by atoms with van der Waals surface area (Å²) < 4.78 is 5.39. The van der Waals surface area contributed by atoms with Crippen LogP contribution in [-0.2, 0) is 11.2 Å². The molecule has 7 nitrogen and oxygen atoms in total. The third-order valence-corrected chi connectivity index (χ3v) is 4.80. The van der Waals surface area contributed by atoms with Gasteiger partial charge in [-0.1, -0.05) is 18.2 Å². The van der Waals surface area contributed by atoms with Gasteiger partial charge in [0.1, 0.15) is 12.3 Å². The highest BCUT2D eigenvalue weighted by atomic mass is 127. The molecule has 29 heavy (non-hydrogen) atoms. The molecule has 1 aliphatic heterocycles. The van der Waals surface area contributed by atoms with Crippen LogP contribution in [-0.4, -0.2) is 75.0 Å². The number of furan rings is 1. The lowest BCUT2D eigenvalue weighted by Crippen LogP contribution is -2.53. The predicted octanol–water partition coefficient (Wildman–Crippen LogP) is 2.30. The van der Waals surface area contributed by atoms with E-state index in [1.165, 1.54) is 5.69 Å². The predicted molar refractivity (Wildman–Crippen MR) is 127 cm³/mol. The van der Waals surface area contributed by atoms with Crippen LogP contribution >= 0.6 is 24.0 Å². The standard InChI is InChI=1S/C21H29N5O2.HI/c1-24(2)20(27)17-23-21(22-11-10-19-9-6-16-28-19)26-14-12-25(13-15-26)18-7-4-3-5-8-18;/h3-9,16H,10-15,17H2,1-2H3,(H,22,23);1H. The molecule has 0 bridgehead atoms. The Labute approximate surface area is 189 Å². The molecule has 1 N–H and O–H groups in total. The van der Waals surface area contributed by atoms with E-state index < -0.39 is 0 Å². The number of carbonyl (C=O) groups is 1.